The van der Waals surface area contributed by atoms with E-state index >= 15 is 0 Å². The fraction of sp³-hybridized carbons (Fsp3) is 0.500. The summed E-state index contributed by atoms with van der Waals surface area (Å²) in [6.07, 6.45) is 2.91. The molecule has 112 valence electrons. The standard InChI is InChI=1S/C14H18N4O2S/c1-18(11-5-6-21-9-11)8-13-16-14(17-20-13)10-3-4-12(19-2)15-7-10/h3-4,7,11H,5-6,8-9H2,1-2H3/t11-/m1/s1. The Balaban J connectivity index is 1.67. The average Bonchev–Trinajstić information content (AvgIpc) is 3.19. The van der Waals surface area contributed by atoms with Crippen molar-refractivity contribution in [2.75, 3.05) is 25.7 Å². The second kappa shape index (κ2) is 6.44. The monoisotopic (exact) mass is 306 g/mol. The van der Waals surface area contributed by atoms with Gasteiger partial charge in [0.2, 0.25) is 17.6 Å². The minimum atomic E-state index is 0.564. The highest BCUT2D eigenvalue weighted by molar-refractivity contribution is 7.99. The molecule has 6 nitrogen and oxygen atoms in total. The van der Waals surface area contributed by atoms with Crippen LogP contribution in [0.1, 0.15) is 12.3 Å². The molecule has 0 aromatic carbocycles. The first-order valence-electron chi connectivity index (χ1n) is 6.87. The van der Waals surface area contributed by atoms with Gasteiger partial charge in [0, 0.05) is 29.6 Å². The van der Waals surface area contributed by atoms with E-state index in [0.29, 0.717) is 30.2 Å². The first-order chi connectivity index (χ1) is 10.3. The van der Waals surface area contributed by atoms with E-state index in [2.05, 4.69) is 27.1 Å². The molecular weight excluding hydrogens is 288 g/mol. The molecule has 0 saturated carbocycles. The summed E-state index contributed by atoms with van der Waals surface area (Å²) in [6.45, 7) is 0.682. The second-order valence-electron chi connectivity index (χ2n) is 5.03. The minimum absolute atomic E-state index is 0.564. The van der Waals surface area contributed by atoms with Crippen molar-refractivity contribution in [2.45, 2.75) is 19.0 Å². The summed E-state index contributed by atoms with van der Waals surface area (Å²) in [7, 11) is 3.70. The van der Waals surface area contributed by atoms with Crippen LogP contribution in [0.2, 0.25) is 0 Å². The van der Waals surface area contributed by atoms with Crippen LogP contribution in [-0.4, -0.2) is 51.7 Å². The van der Waals surface area contributed by atoms with Gasteiger partial charge in [-0.1, -0.05) is 5.16 Å². The van der Waals surface area contributed by atoms with Gasteiger partial charge in [0.25, 0.3) is 0 Å². The highest BCUT2D eigenvalue weighted by Crippen LogP contribution is 2.23. The largest absolute Gasteiger partial charge is 0.481 e. The number of ether oxygens (including phenoxy) is 1. The molecule has 1 atom stereocenters. The van der Waals surface area contributed by atoms with Crippen LogP contribution in [0.15, 0.2) is 22.9 Å². The van der Waals surface area contributed by atoms with Crippen molar-refractivity contribution >= 4 is 11.8 Å². The highest BCUT2D eigenvalue weighted by Gasteiger charge is 2.21. The summed E-state index contributed by atoms with van der Waals surface area (Å²) in [5, 5.41) is 4.02. The van der Waals surface area contributed by atoms with Gasteiger partial charge < -0.3 is 9.26 Å². The van der Waals surface area contributed by atoms with Crippen molar-refractivity contribution in [1.29, 1.82) is 0 Å². The third-order valence-electron chi connectivity index (χ3n) is 3.59. The maximum Gasteiger partial charge on any atom is 0.241 e. The molecule has 2 aromatic rings. The van der Waals surface area contributed by atoms with Gasteiger partial charge >= 0.3 is 0 Å². The summed E-state index contributed by atoms with van der Waals surface area (Å²) in [6, 6.07) is 4.26. The topological polar surface area (TPSA) is 64.3 Å². The van der Waals surface area contributed by atoms with Crippen LogP contribution in [0.25, 0.3) is 11.4 Å². The zero-order valence-electron chi connectivity index (χ0n) is 12.2. The fourth-order valence-electron chi connectivity index (χ4n) is 2.28. The van der Waals surface area contributed by atoms with Crippen molar-refractivity contribution < 1.29 is 9.26 Å². The van der Waals surface area contributed by atoms with E-state index in [1.54, 1.807) is 19.4 Å². The molecule has 21 heavy (non-hydrogen) atoms. The third-order valence-corrected chi connectivity index (χ3v) is 4.73. The van der Waals surface area contributed by atoms with Crippen molar-refractivity contribution in [3.8, 4) is 17.3 Å². The maximum atomic E-state index is 5.34. The zero-order chi connectivity index (χ0) is 14.7. The molecule has 0 unspecified atom stereocenters. The Bertz CT molecular complexity index is 581. The Morgan fingerprint density at radius 1 is 1.48 bits per heavy atom. The van der Waals surface area contributed by atoms with Crippen LogP contribution >= 0.6 is 11.8 Å². The first kappa shape index (κ1) is 14.3. The number of hydrogen-bond donors (Lipinski definition) is 0. The number of hydrogen-bond acceptors (Lipinski definition) is 7. The summed E-state index contributed by atoms with van der Waals surface area (Å²) in [5.41, 5.74) is 0.824. The van der Waals surface area contributed by atoms with Crippen LogP contribution < -0.4 is 4.74 Å². The Morgan fingerprint density at radius 2 is 2.38 bits per heavy atom. The van der Waals surface area contributed by atoms with Crippen LogP contribution in [0.5, 0.6) is 5.88 Å². The normalized spacial score (nSPS) is 18.3. The van der Waals surface area contributed by atoms with Gasteiger partial charge in [-0.3, -0.25) is 4.90 Å². The van der Waals surface area contributed by atoms with E-state index < -0.39 is 0 Å². The molecule has 1 aliphatic rings. The number of rotatable bonds is 5. The molecule has 3 rings (SSSR count). The average molecular weight is 306 g/mol. The molecule has 2 aromatic heterocycles. The molecule has 1 saturated heterocycles. The van der Waals surface area contributed by atoms with E-state index in [0.717, 1.165) is 5.56 Å². The van der Waals surface area contributed by atoms with Gasteiger partial charge in [0.15, 0.2) is 0 Å². The Kier molecular flexibility index (Phi) is 4.40. The molecule has 0 radical (unpaired) electrons. The number of thioether (sulfide) groups is 1. The Morgan fingerprint density at radius 3 is 3.05 bits per heavy atom. The predicted molar refractivity (Wildman–Crippen MR) is 81.3 cm³/mol. The predicted octanol–water partition coefficient (Wildman–Crippen LogP) is 2.08. The minimum Gasteiger partial charge on any atom is -0.481 e. The third kappa shape index (κ3) is 3.36. The van der Waals surface area contributed by atoms with Gasteiger partial charge in [0.1, 0.15) is 0 Å². The lowest BCUT2D eigenvalue weighted by atomic mass is 10.2. The SMILES string of the molecule is COc1ccc(-c2noc(CN(C)[C@@H]3CCSC3)n2)cn1. The molecule has 3 heterocycles. The molecule has 0 spiro atoms. The van der Waals surface area contributed by atoms with Crippen LogP contribution in [0.4, 0.5) is 0 Å². The lowest BCUT2D eigenvalue weighted by molar-refractivity contribution is 0.218. The summed E-state index contributed by atoms with van der Waals surface area (Å²) in [5.74, 6) is 4.19. The smallest absolute Gasteiger partial charge is 0.241 e. The summed E-state index contributed by atoms with van der Waals surface area (Å²) >= 11 is 2.00. The molecular formula is C14H18N4O2S. The zero-order valence-corrected chi connectivity index (χ0v) is 13.0. The van der Waals surface area contributed by atoms with Gasteiger partial charge in [0.05, 0.1) is 13.7 Å². The number of pyridine rings is 1. The van der Waals surface area contributed by atoms with E-state index in [-0.39, 0.29) is 0 Å². The Labute approximate surface area is 127 Å². The van der Waals surface area contributed by atoms with Crippen molar-refractivity contribution in [1.82, 2.24) is 20.0 Å². The van der Waals surface area contributed by atoms with Crippen LogP contribution in [-0.2, 0) is 6.54 Å². The molecule has 1 aliphatic heterocycles. The highest BCUT2D eigenvalue weighted by atomic mass is 32.2. The fourth-order valence-corrected chi connectivity index (χ4v) is 3.58. The summed E-state index contributed by atoms with van der Waals surface area (Å²) < 4.78 is 10.4. The van der Waals surface area contributed by atoms with Crippen LogP contribution in [0.3, 0.4) is 0 Å². The van der Waals surface area contributed by atoms with E-state index in [4.69, 9.17) is 9.26 Å². The number of methoxy groups -OCH3 is 1. The first-order valence-corrected chi connectivity index (χ1v) is 8.02. The number of nitrogens with zero attached hydrogens (tertiary/aromatic N) is 4. The molecule has 0 amide bonds. The molecule has 1 fully saturated rings. The quantitative estimate of drug-likeness (QED) is 0.838. The molecule has 7 heteroatoms. The van der Waals surface area contributed by atoms with E-state index in [1.807, 2.05) is 17.8 Å². The summed E-state index contributed by atoms with van der Waals surface area (Å²) in [4.78, 5) is 10.9. The lowest BCUT2D eigenvalue weighted by Gasteiger charge is -2.21. The van der Waals surface area contributed by atoms with E-state index in [9.17, 15) is 0 Å². The van der Waals surface area contributed by atoms with Crippen molar-refractivity contribution in [3.63, 3.8) is 0 Å². The Hall–Kier alpha value is -1.60. The van der Waals surface area contributed by atoms with Gasteiger partial charge in [-0.25, -0.2) is 4.98 Å². The molecule has 0 bridgehead atoms. The van der Waals surface area contributed by atoms with Crippen molar-refractivity contribution in [2.24, 2.45) is 0 Å². The lowest BCUT2D eigenvalue weighted by Crippen LogP contribution is -2.30. The maximum absolute atomic E-state index is 5.34. The van der Waals surface area contributed by atoms with E-state index in [1.165, 1.54) is 17.9 Å². The van der Waals surface area contributed by atoms with Crippen molar-refractivity contribution in [3.05, 3.63) is 24.2 Å². The van der Waals surface area contributed by atoms with Gasteiger partial charge in [-0.15, -0.1) is 0 Å². The van der Waals surface area contributed by atoms with Gasteiger partial charge in [-0.05, 0) is 25.3 Å². The number of aromatic nitrogens is 3. The molecule has 0 N–H and O–H groups in total. The molecule has 0 aliphatic carbocycles. The van der Waals surface area contributed by atoms with Crippen LogP contribution in [0, 0.1) is 0 Å². The van der Waals surface area contributed by atoms with Gasteiger partial charge in [-0.2, -0.15) is 16.7 Å². The second-order valence-corrected chi connectivity index (χ2v) is 6.18.